The van der Waals surface area contributed by atoms with Crippen LogP contribution in [0.5, 0.6) is 0 Å². The normalized spacial score (nSPS) is 13.4. The molecule has 0 atom stereocenters. The molecule has 6 nitrogen and oxygen atoms in total. The van der Waals surface area contributed by atoms with E-state index >= 15 is 0 Å². The molecule has 0 aliphatic carbocycles. The molecule has 0 bridgehead atoms. The smallest absolute Gasteiger partial charge is 0.341 e. The summed E-state index contributed by atoms with van der Waals surface area (Å²) in [6.07, 6.45) is 2.21. The number of carbonyl (C=O) groups is 2. The molecule has 0 unspecified atom stereocenters. The number of esters is 1. The number of nitrogens with zero attached hydrogens (tertiary/aromatic N) is 1. The Balaban J connectivity index is 1.70. The van der Waals surface area contributed by atoms with E-state index in [-0.39, 0.29) is 12.6 Å². The van der Waals surface area contributed by atoms with Crippen molar-refractivity contribution < 1.29 is 14.3 Å². The first kappa shape index (κ1) is 18.8. The molecule has 2 amide bonds. The number of hydrogen-bond acceptors (Lipinski definition) is 3. The van der Waals surface area contributed by atoms with Crippen molar-refractivity contribution in [2.24, 2.45) is 0 Å². The number of nitrogens with one attached hydrogen (secondary N) is 2. The fraction of sp³-hybridized carbons (Fsp3) is 0.217. The minimum Gasteiger partial charge on any atom is -0.462 e. The highest BCUT2D eigenvalue weighted by Crippen LogP contribution is 2.31. The van der Waals surface area contributed by atoms with Crippen molar-refractivity contribution in [2.45, 2.75) is 20.3 Å². The van der Waals surface area contributed by atoms with Crippen LogP contribution in [0, 0.1) is 6.92 Å². The molecule has 6 heteroatoms. The Morgan fingerprint density at radius 2 is 2.00 bits per heavy atom. The molecule has 1 aliphatic rings. The van der Waals surface area contributed by atoms with Gasteiger partial charge in [0.1, 0.15) is 0 Å². The molecule has 2 aromatic carbocycles. The zero-order chi connectivity index (χ0) is 20.4. The van der Waals surface area contributed by atoms with Gasteiger partial charge in [-0.25, -0.2) is 9.59 Å². The number of fused-ring (bicyclic) bond motifs is 3. The second kappa shape index (κ2) is 7.83. The lowest BCUT2D eigenvalue weighted by Crippen LogP contribution is -2.32. The molecule has 0 fully saturated rings. The lowest BCUT2D eigenvalue weighted by Gasteiger charge is -2.18. The second-order valence-electron chi connectivity index (χ2n) is 7.03. The van der Waals surface area contributed by atoms with Crippen LogP contribution in [-0.2, 0) is 16.0 Å². The SMILES string of the molecule is CCOC(=O)C1=CN(C(=O)Nc2cccc(C)c2)CCc2c1[nH]c1ccccc21. The fourth-order valence-electron chi connectivity index (χ4n) is 3.65. The molecule has 0 saturated heterocycles. The third-order valence-electron chi connectivity index (χ3n) is 5.00. The van der Waals surface area contributed by atoms with Gasteiger partial charge in [0.15, 0.2) is 0 Å². The largest absolute Gasteiger partial charge is 0.462 e. The highest BCUT2D eigenvalue weighted by atomic mass is 16.5. The molecule has 29 heavy (non-hydrogen) atoms. The van der Waals surface area contributed by atoms with E-state index in [0.29, 0.717) is 24.2 Å². The van der Waals surface area contributed by atoms with E-state index in [1.165, 1.54) is 4.90 Å². The van der Waals surface area contributed by atoms with E-state index in [4.69, 9.17) is 4.74 Å². The van der Waals surface area contributed by atoms with Crippen LogP contribution in [0.2, 0.25) is 0 Å². The molecule has 4 rings (SSSR count). The van der Waals surface area contributed by atoms with E-state index in [1.54, 1.807) is 13.1 Å². The van der Waals surface area contributed by atoms with Gasteiger partial charge in [-0.05, 0) is 49.6 Å². The maximum Gasteiger partial charge on any atom is 0.341 e. The summed E-state index contributed by atoms with van der Waals surface area (Å²) in [7, 11) is 0. The van der Waals surface area contributed by atoms with Crippen molar-refractivity contribution >= 4 is 34.2 Å². The average Bonchev–Trinajstić information content (AvgIpc) is 2.95. The lowest BCUT2D eigenvalue weighted by molar-refractivity contribution is -0.136. The number of aryl methyl sites for hydroxylation is 1. The van der Waals surface area contributed by atoms with Crippen LogP contribution < -0.4 is 5.32 Å². The molecule has 2 N–H and O–H groups in total. The summed E-state index contributed by atoms with van der Waals surface area (Å²) in [5, 5.41) is 3.96. The first-order chi connectivity index (χ1) is 14.1. The Labute approximate surface area is 169 Å². The van der Waals surface area contributed by atoms with E-state index < -0.39 is 5.97 Å². The highest BCUT2D eigenvalue weighted by Gasteiger charge is 2.27. The molecular formula is C23H23N3O3. The zero-order valence-electron chi connectivity index (χ0n) is 16.5. The minimum absolute atomic E-state index is 0.265. The summed E-state index contributed by atoms with van der Waals surface area (Å²) >= 11 is 0. The number of para-hydroxylation sites is 1. The van der Waals surface area contributed by atoms with E-state index in [2.05, 4.69) is 10.3 Å². The van der Waals surface area contributed by atoms with Crippen molar-refractivity contribution in [2.75, 3.05) is 18.5 Å². The van der Waals surface area contributed by atoms with Crippen LogP contribution in [0.4, 0.5) is 10.5 Å². The van der Waals surface area contributed by atoms with Crippen molar-refractivity contribution in [3.63, 3.8) is 0 Å². The number of aromatic nitrogens is 1. The minimum atomic E-state index is -0.449. The van der Waals surface area contributed by atoms with Crippen LogP contribution in [0.3, 0.4) is 0 Å². The number of ether oxygens (including phenoxy) is 1. The Morgan fingerprint density at radius 3 is 2.79 bits per heavy atom. The number of carbonyl (C=O) groups excluding carboxylic acids is 2. The van der Waals surface area contributed by atoms with Gasteiger partial charge in [0, 0.05) is 29.3 Å². The van der Waals surface area contributed by atoms with Crippen molar-refractivity contribution in [3.8, 4) is 0 Å². The summed E-state index contributed by atoms with van der Waals surface area (Å²) in [6.45, 7) is 4.46. The lowest BCUT2D eigenvalue weighted by atomic mass is 10.0. The van der Waals surface area contributed by atoms with E-state index in [1.807, 2.05) is 55.5 Å². The van der Waals surface area contributed by atoms with Gasteiger partial charge in [-0.15, -0.1) is 0 Å². The first-order valence-electron chi connectivity index (χ1n) is 9.70. The number of hydrogen-bond donors (Lipinski definition) is 2. The Bertz CT molecular complexity index is 1110. The Morgan fingerprint density at radius 1 is 1.17 bits per heavy atom. The van der Waals surface area contributed by atoms with E-state index in [0.717, 1.165) is 27.7 Å². The average molecular weight is 389 g/mol. The number of aromatic amines is 1. The third-order valence-corrected chi connectivity index (χ3v) is 5.00. The van der Waals surface area contributed by atoms with Crippen LogP contribution in [0.1, 0.15) is 23.7 Å². The molecule has 1 aromatic heterocycles. The topological polar surface area (TPSA) is 74.4 Å². The van der Waals surface area contributed by atoms with Gasteiger partial charge < -0.3 is 15.0 Å². The maximum atomic E-state index is 12.9. The molecule has 3 aromatic rings. The van der Waals surface area contributed by atoms with Gasteiger partial charge >= 0.3 is 12.0 Å². The standard InChI is InChI=1S/C23H23N3O3/c1-3-29-22(27)19-14-26(23(28)24-16-8-6-7-15(2)13-16)12-11-18-17-9-4-5-10-20(17)25-21(18)19/h4-10,13-14,25H,3,11-12H2,1-2H3,(H,24,28). The van der Waals surface area contributed by atoms with Crippen molar-refractivity contribution in [1.82, 2.24) is 9.88 Å². The number of amides is 2. The quantitative estimate of drug-likeness (QED) is 0.649. The van der Waals surface area contributed by atoms with Gasteiger partial charge in [-0.3, -0.25) is 4.90 Å². The Hall–Kier alpha value is -3.54. The Kier molecular flexibility index (Phi) is 5.08. The predicted octanol–water partition coefficient (Wildman–Crippen LogP) is 4.47. The van der Waals surface area contributed by atoms with Crippen LogP contribution in [-0.4, -0.2) is 35.0 Å². The van der Waals surface area contributed by atoms with E-state index in [9.17, 15) is 9.59 Å². The number of H-pyrrole nitrogens is 1. The molecule has 1 aliphatic heterocycles. The van der Waals surface area contributed by atoms with Gasteiger partial charge in [-0.1, -0.05) is 30.3 Å². The summed E-state index contributed by atoms with van der Waals surface area (Å²) in [5.74, 6) is -0.449. The molecule has 148 valence electrons. The number of benzene rings is 2. The third kappa shape index (κ3) is 3.74. The summed E-state index contributed by atoms with van der Waals surface area (Å²) in [4.78, 5) is 30.5. The predicted molar refractivity (Wildman–Crippen MR) is 114 cm³/mol. The maximum absolute atomic E-state index is 12.9. The number of anilines is 1. The summed E-state index contributed by atoms with van der Waals surface area (Å²) < 4.78 is 5.27. The van der Waals surface area contributed by atoms with Crippen LogP contribution in [0.25, 0.3) is 16.5 Å². The van der Waals surface area contributed by atoms with Crippen molar-refractivity contribution in [1.29, 1.82) is 0 Å². The first-order valence-corrected chi connectivity index (χ1v) is 9.70. The second-order valence-corrected chi connectivity index (χ2v) is 7.03. The molecule has 0 spiro atoms. The highest BCUT2D eigenvalue weighted by molar-refractivity contribution is 6.18. The number of urea groups is 1. The van der Waals surface area contributed by atoms with Crippen LogP contribution >= 0.6 is 0 Å². The van der Waals surface area contributed by atoms with Gasteiger partial charge in [-0.2, -0.15) is 0 Å². The van der Waals surface area contributed by atoms with Gasteiger partial charge in [0.2, 0.25) is 0 Å². The van der Waals surface area contributed by atoms with Gasteiger partial charge in [0.05, 0.1) is 17.9 Å². The fourth-order valence-corrected chi connectivity index (χ4v) is 3.65. The molecular weight excluding hydrogens is 366 g/mol. The molecule has 0 radical (unpaired) electrons. The van der Waals surface area contributed by atoms with Crippen molar-refractivity contribution in [3.05, 3.63) is 71.6 Å². The summed E-state index contributed by atoms with van der Waals surface area (Å²) in [5.41, 5.74) is 4.83. The number of rotatable bonds is 3. The summed E-state index contributed by atoms with van der Waals surface area (Å²) in [6, 6.07) is 15.3. The monoisotopic (exact) mass is 389 g/mol. The zero-order valence-corrected chi connectivity index (χ0v) is 16.5. The molecule has 0 saturated carbocycles. The molecule has 2 heterocycles. The van der Waals surface area contributed by atoms with Gasteiger partial charge in [0.25, 0.3) is 0 Å². The van der Waals surface area contributed by atoms with Crippen LogP contribution in [0.15, 0.2) is 54.7 Å².